The lowest BCUT2D eigenvalue weighted by molar-refractivity contribution is -0.643. The SMILES string of the molecule is Cc1cc(C)c2c(c1)c1cc(C)c(C)c3c1n2c1cc(C2CCCC2)cc2cc[n+](C)c3c21. The molecule has 7 rings (SSSR count). The van der Waals surface area contributed by atoms with Crippen LogP contribution < -0.4 is 4.57 Å². The number of nitrogens with zero attached hydrogens (tertiary/aromatic N) is 2. The maximum Gasteiger partial charge on any atom is 0.224 e. The quantitative estimate of drug-likeness (QED) is 0.143. The third-order valence-electron chi connectivity index (χ3n) is 8.54. The zero-order chi connectivity index (χ0) is 22.6. The molecule has 0 radical (unpaired) electrons. The lowest BCUT2D eigenvalue weighted by atomic mass is 9.92. The Morgan fingerprint density at radius 2 is 1.58 bits per heavy atom. The Kier molecular flexibility index (Phi) is 3.79. The lowest BCUT2D eigenvalue weighted by Crippen LogP contribution is -2.29. The summed E-state index contributed by atoms with van der Waals surface area (Å²) in [4.78, 5) is 0. The molecule has 3 heterocycles. The summed E-state index contributed by atoms with van der Waals surface area (Å²) in [5.74, 6) is 0.699. The molecule has 1 aliphatic rings. The third-order valence-corrected chi connectivity index (χ3v) is 8.54. The summed E-state index contributed by atoms with van der Waals surface area (Å²) in [6.45, 7) is 9.09. The van der Waals surface area contributed by atoms with Gasteiger partial charge in [-0.15, -0.1) is 0 Å². The van der Waals surface area contributed by atoms with Crippen LogP contribution in [0.2, 0.25) is 0 Å². The van der Waals surface area contributed by atoms with Gasteiger partial charge in [0, 0.05) is 16.8 Å². The minimum absolute atomic E-state index is 0.699. The van der Waals surface area contributed by atoms with Gasteiger partial charge in [-0.05, 0) is 92.3 Å². The van der Waals surface area contributed by atoms with Crippen LogP contribution in [0.25, 0.3) is 49.0 Å². The molecule has 2 heteroatoms. The summed E-state index contributed by atoms with van der Waals surface area (Å²) in [7, 11) is 2.21. The standard InChI is InChI=1S/C31H31N2/c1-17-12-19(3)29-24(13-17)25-14-18(2)20(4)27-30(25)33(29)26-16-23(21-8-6-7-9-21)15-22-10-11-32(5)31(27)28(22)26/h10-16,21H,6-9H2,1-5H3/q+1. The van der Waals surface area contributed by atoms with Crippen molar-refractivity contribution in [3.63, 3.8) is 0 Å². The highest BCUT2D eigenvalue weighted by molar-refractivity contribution is 6.26. The summed E-state index contributed by atoms with van der Waals surface area (Å²) in [6.07, 6.45) is 7.65. The fourth-order valence-corrected chi connectivity index (χ4v) is 6.92. The molecular weight excluding hydrogens is 400 g/mol. The molecule has 0 amide bonds. The second kappa shape index (κ2) is 6.47. The molecule has 6 aromatic rings. The van der Waals surface area contributed by atoms with Gasteiger partial charge in [-0.25, -0.2) is 4.57 Å². The maximum atomic E-state index is 2.62. The predicted octanol–water partition coefficient (Wildman–Crippen LogP) is 7.71. The predicted molar refractivity (Wildman–Crippen MR) is 140 cm³/mol. The van der Waals surface area contributed by atoms with E-state index in [1.807, 2.05) is 0 Å². The highest BCUT2D eigenvalue weighted by Crippen LogP contribution is 2.44. The van der Waals surface area contributed by atoms with Gasteiger partial charge in [0.2, 0.25) is 5.52 Å². The summed E-state index contributed by atoms with van der Waals surface area (Å²) in [5.41, 5.74) is 12.5. The first-order valence-corrected chi connectivity index (χ1v) is 12.5. The summed E-state index contributed by atoms with van der Waals surface area (Å²) < 4.78 is 4.97. The van der Waals surface area contributed by atoms with Gasteiger partial charge in [-0.1, -0.05) is 30.5 Å². The number of pyridine rings is 2. The summed E-state index contributed by atoms with van der Waals surface area (Å²) >= 11 is 0. The van der Waals surface area contributed by atoms with E-state index in [1.165, 1.54) is 102 Å². The molecule has 3 aromatic heterocycles. The van der Waals surface area contributed by atoms with Crippen LogP contribution in [0.3, 0.4) is 0 Å². The van der Waals surface area contributed by atoms with Crippen LogP contribution in [-0.4, -0.2) is 4.40 Å². The molecule has 164 valence electrons. The number of aromatic nitrogens is 2. The molecule has 0 spiro atoms. The van der Waals surface area contributed by atoms with Crippen molar-refractivity contribution in [2.24, 2.45) is 7.05 Å². The average molecular weight is 432 g/mol. The molecular formula is C31H31N2+. The minimum Gasteiger partial charge on any atom is -0.307 e. The van der Waals surface area contributed by atoms with Crippen molar-refractivity contribution in [3.8, 4) is 0 Å². The van der Waals surface area contributed by atoms with E-state index in [0.29, 0.717) is 5.92 Å². The number of rotatable bonds is 1. The fraction of sp³-hybridized carbons (Fsp3) is 0.323. The highest BCUT2D eigenvalue weighted by atomic mass is 15.0. The monoisotopic (exact) mass is 431 g/mol. The van der Waals surface area contributed by atoms with Gasteiger partial charge in [-0.2, -0.15) is 0 Å². The Morgan fingerprint density at radius 1 is 0.818 bits per heavy atom. The molecule has 0 unspecified atom stereocenters. The molecule has 0 saturated heterocycles. The molecule has 1 fully saturated rings. The van der Waals surface area contributed by atoms with Crippen molar-refractivity contribution in [1.29, 1.82) is 0 Å². The summed E-state index contributed by atoms with van der Waals surface area (Å²) in [6, 6.07) is 14.5. The van der Waals surface area contributed by atoms with Crippen molar-refractivity contribution in [1.82, 2.24) is 4.40 Å². The normalized spacial score (nSPS) is 15.4. The zero-order valence-electron chi connectivity index (χ0n) is 20.3. The molecule has 2 nitrogen and oxygen atoms in total. The van der Waals surface area contributed by atoms with Gasteiger partial charge in [0.05, 0.1) is 27.3 Å². The molecule has 33 heavy (non-hydrogen) atoms. The van der Waals surface area contributed by atoms with E-state index in [1.54, 1.807) is 0 Å². The van der Waals surface area contributed by atoms with Crippen molar-refractivity contribution in [3.05, 3.63) is 70.4 Å². The van der Waals surface area contributed by atoms with E-state index in [9.17, 15) is 0 Å². The van der Waals surface area contributed by atoms with E-state index in [0.717, 1.165) is 0 Å². The van der Waals surface area contributed by atoms with Crippen LogP contribution in [-0.2, 0) is 7.05 Å². The average Bonchev–Trinajstić information content (AvgIpc) is 3.42. The van der Waals surface area contributed by atoms with Gasteiger partial charge in [0.15, 0.2) is 6.20 Å². The summed E-state index contributed by atoms with van der Waals surface area (Å²) in [5, 5.41) is 6.98. The van der Waals surface area contributed by atoms with Gasteiger partial charge < -0.3 is 4.40 Å². The highest BCUT2D eigenvalue weighted by Gasteiger charge is 2.27. The maximum absolute atomic E-state index is 2.62. The van der Waals surface area contributed by atoms with Crippen molar-refractivity contribution >= 4 is 49.0 Å². The minimum atomic E-state index is 0.699. The van der Waals surface area contributed by atoms with E-state index in [4.69, 9.17) is 0 Å². The van der Waals surface area contributed by atoms with Crippen LogP contribution in [0.1, 0.15) is 59.4 Å². The van der Waals surface area contributed by atoms with Gasteiger partial charge in [-0.3, -0.25) is 0 Å². The number of hydrogen-bond acceptors (Lipinski definition) is 0. The smallest absolute Gasteiger partial charge is 0.224 e. The van der Waals surface area contributed by atoms with Crippen molar-refractivity contribution in [2.75, 3.05) is 0 Å². The number of fused-ring (bicyclic) bond motifs is 5. The second-order valence-electron chi connectivity index (χ2n) is 10.7. The topological polar surface area (TPSA) is 8.29 Å². The second-order valence-corrected chi connectivity index (χ2v) is 10.7. The molecule has 1 aliphatic carbocycles. The van der Waals surface area contributed by atoms with Crippen molar-refractivity contribution < 1.29 is 4.57 Å². The number of aryl methyl sites for hydroxylation is 5. The first-order chi connectivity index (χ1) is 15.9. The Bertz CT molecular complexity index is 1760. The van der Waals surface area contributed by atoms with Gasteiger partial charge in [0.1, 0.15) is 7.05 Å². The van der Waals surface area contributed by atoms with Crippen LogP contribution in [0.5, 0.6) is 0 Å². The lowest BCUT2D eigenvalue weighted by Gasteiger charge is -2.17. The Balaban J connectivity index is 1.86. The van der Waals surface area contributed by atoms with Crippen LogP contribution >= 0.6 is 0 Å². The van der Waals surface area contributed by atoms with Gasteiger partial charge >= 0.3 is 0 Å². The van der Waals surface area contributed by atoms with Crippen molar-refractivity contribution in [2.45, 2.75) is 59.3 Å². The first kappa shape index (κ1) is 19.3. The Hall–Kier alpha value is -3.13. The Labute approximate surface area is 194 Å². The van der Waals surface area contributed by atoms with Gasteiger partial charge in [0.25, 0.3) is 0 Å². The molecule has 0 bridgehead atoms. The number of hydrogen-bond donors (Lipinski definition) is 0. The van der Waals surface area contributed by atoms with E-state index in [-0.39, 0.29) is 0 Å². The number of benzene rings is 3. The largest absolute Gasteiger partial charge is 0.307 e. The van der Waals surface area contributed by atoms with Crippen LogP contribution in [0.15, 0.2) is 42.6 Å². The van der Waals surface area contributed by atoms with E-state index < -0.39 is 0 Å². The van der Waals surface area contributed by atoms with E-state index >= 15 is 0 Å². The third kappa shape index (κ3) is 2.42. The van der Waals surface area contributed by atoms with Crippen LogP contribution in [0.4, 0.5) is 0 Å². The molecule has 0 N–H and O–H groups in total. The molecule has 1 saturated carbocycles. The van der Waals surface area contributed by atoms with Crippen LogP contribution in [0, 0.1) is 27.7 Å². The Morgan fingerprint density at radius 3 is 2.36 bits per heavy atom. The fourth-order valence-electron chi connectivity index (χ4n) is 6.92. The first-order valence-electron chi connectivity index (χ1n) is 12.5. The molecule has 3 aromatic carbocycles. The zero-order valence-corrected chi connectivity index (χ0v) is 20.3. The molecule has 0 aliphatic heterocycles. The van der Waals surface area contributed by atoms with E-state index in [2.05, 4.69) is 86.3 Å². The molecule has 0 atom stereocenters.